The molecular formula is C16H17N3O2S. The number of thiazole rings is 1. The van der Waals surface area contributed by atoms with Gasteiger partial charge in [0.05, 0.1) is 21.1 Å². The highest BCUT2D eigenvalue weighted by Gasteiger charge is 2.35. The number of fused-ring (bicyclic) bond motifs is 1. The zero-order chi connectivity index (χ0) is 15.7. The van der Waals surface area contributed by atoms with Crippen molar-refractivity contribution in [3.63, 3.8) is 0 Å². The van der Waals surface area contributed by atoms with Gasteiger partial charge in [0.15, 0.2) is 0 Å². The molecule has 1 saturated heterocycles. The number of nitrogens with one attached hydrogen (secondary N) is 1. The molecule has 3 rings (SSSR count). The molecule has 0 bridgehead atoms. The first-order valence-corrected chi connectivity index (χ1v) is 7.96. The lowest BCUT2D eigenvalue weighted by molar-refractivity contribution is -0.126. The third-order valence-electron chi connectivity index (χ3n) is 3.71. The number of aryl methyl sites for hydroxylation is 1. The van der Waals surface area contributed by atoms with Crippen LogP contribution < -0.4 is 10.2 Å². The molecule has 2 aromatic rings. The summed E-state index contributed by atoms with van der Waals surface area (Å²) >= 11 is 1.63. The van der Waals surface area contributed by atoms with Gasteiger partial charge in [0, 0.05) is 25.2 Å². The molecule has 1 aliphatic rings. The van der Waals surface area contributed by atoms with E-state index in [0.717, 1.165) is 20.9 Å². The summed E-state index contributed by atoms with van der Waals surface area (Å²) in [5.74, 6) is -0.424. The van der Waals surface area contributed by atoms with Crippen LogP contribution >= 0.6 is 11.3 Å². The topological polar surface area (TPSA) is 62.3 Å². The molecule has 0 saturated carbocycles. The van der Waals surface area contributed by atoms with Gasteiger partial charge in [-0.1, -0.05) is 6.08 Å². The Kier molecular flexibility index (Phi) is 3.94. The summed E-state index contributed by atoms with van der Waals surface area (Å²) < 4.78 is 1.10. The fraction of sp³-hybridized carbons (Fsp3) is 0.312. The number of carbonyl (C=O) groups excluding carboxylic acids is 2. The first-order valence-electron chi connectivity index (χ1n) is 7.14. The van der Waals surface area contributed by atoms with Crippen LogP contribution in [0.4, 0.5) is 5.69 Å². The number of carbonyl (C=O) groups is 2. The predicted molar refractivity (Wildman–Crippen MR) is 88.0 cm³/mol. The van der Waals surface area contributed by atoms with E-state index in [9.17, 15) is 9.59 Å². The van der Waals surface area contributed by atoms with Crippen molar-refractivity contribution in [3.05, 3.63) is 35.9 Å². The minimum absolute atomic E-state index is 0.0231. The van der Waals surface area contributed by atoms with Gasteiger partial charge in [0.1, 0.15) is 0 Å². The van der Waals surface area contributed by atoms with Crippen LogP contribution in [0.1, 0.15) is 11.4 Å². The molecule has 22 heavy (non-hydrogen) atoms. The molecule has 1 unspecified atom stereocenters. The largest absolute Gasteiger partial charge is 0.352 e. The Morgan fingerprint density at radius 3 is 3.18 bits per heavy atom. The number of rotatable bonds is 4. The van der Waals surface area contributed by atoms with Crippen molar-refractivity contribution in [2.24, 2.45) is 5.92 Å². The smallest absolute Gasteiger partial charge is 0.227 e. The summed E-state index contributed by atoms with van der Waals surface area (Å²) in [7, 11) is 0. The molecule has 2 amide bonds. The second-order valence-corrected chi connectivity index (χ2v) is 6.56. The van der Waals surface area contributed by atoms with Gasteiger partial charge in [-0.05, 0) is 25.1 Å². The van der Waals surface area contributed by atoms with Gasteiger partial charge < -0.3 is 10.2 Å². The molecule has 1 aromatic heterocycles. The van der Waals surface area contributed by atoms with Crippen molar-refractivity contribution in [2.75, 3.05) is 18.0 Å². The maximum absolute atomic E-state index is 12.2. The van der Waals surface area contributed by atoms with Crippen molar-refractivity contribution in [3.8, 4) is 0 Å². The Bertz CT molecular complexity index is 753. The molecule has 5 nitrogen and oxygen atoms in total. The van der Waals surface area contributed by atoms with Gasteiger partial charge in [-0.2, -0.15) is 0 Å². The van der Waals surface area contributed by atoms with E-state index in [2.05, 4.69) is 16.9 Å². The molecule has 1 fully saturated rings. The first kappa shape index (κ1) is 14.7. The minimum atomic E-state index is -0.305. The van der Waals surface area contributed by atoms with E-state index < -0.39 is 0 Å². The summed E-state index contributed by atoms with van der Waals surface area (Å²) in [5.41, 5.74) is 1.70. The first-order chi connectivity index (χ1) is 10.6. The highest BCUT2D eigenvalue weighted by Crippen LogP contribution is 2.30. The summed E-state index contributed by atoms with van der Waals surface area (Å²) in [6.45, 7) is 6.37. The number of benzene rings is 1. The number of aromatic nitrogens is 1. The second kappa shape index (κ2) is 5.88. The molecule has 2 heterocycles. The van der Waals surface area contributed by atoms with E-state index in [4.69, 9.17) is 0 Å². The Balaban J connectivity index is 1.80. The molecule has 0 aliphatic carbocycles. The van der Waals surface area contributed by atoms with E-state index in [1.165, 1.54) is 0 Å². The average molecular weight is 315 g/mol. The lowest BCUT2D eigenvalue weighted by Crippen LogP contribution is -2.32. The van der Waals surface area contributed by atoms with Crippen molar-refractivity contribution in [1.82, 2.24) is 10.3 Å². The van der Waals surface area contributed by atoms with Crippen molar-refractivity contribution in [2.45, 2.75) is 13.3 Å². The summed E-state index contributed by atoms with van der Waals surface area (Å²) in [6.07, 6.45) is 1.88. The summed E-state index contributed by atoms with van der Waals surface area (Å²) in [4.78, 5) is 30.3. The van der Waals surface area contributed by atoms with Crippen LogP contribution in [0.25, 0.3) is 10.2 Å². The van der Waals surface area contributed by atoms with E-state index in [-0.39, 0.29) is 24.2 Å². The van der Waals surface area contributed by atoms with E-state index in [0.29, 0.717) is 13.1 Å². The third kappa shape index (κ3) is 2.74. The second-order valence-electron chi connectivity index (χ2n) is 5.32. The zero-order valence-corrected chi connectivity index (χ0v) is 13.2. The Labute approximate surface area is 132 Å². The molecule has 1 aromatic carbocycles. The van der Waals surface area contributed by atoms with Crippen LogP contribution in [-0.2, 0) is 9.59 Å². The molecule has 1 atom stereocenters. The minimum Gasteiger partial charge on any atom is -0.352 e. The summed E-state index contributed by atoms with van der Waals surface area (Å²) in [5, 5.41) is 3.75. The molecule has 0 spiro atoms. The van der Waals surface area contributed by atoms with Gasteiger partial charge in [0.2, 0.25) is 11.8 Å². The van der Waals surface area contributed by atoms with Gasteiger partial charge in [0.25, 0.3) is 0 Å². The fourth-order valence-corrected chi connectivity index (χ4v) is 3.46. The monoisotopic (exact) mass is 315 g/mol. The molecule has 0 radical (unpaired) electrons. The molecular weight excluding hydrogens is 298 g/mol. The Morgan fingerprint density at radius 2 is 2.41 bits per heavy atom. The Morgan fingerprint density at radius 1 is 1.59 bits per heavy atom. The van der Waals surface area contributed by atoms with E-state index in [1.807, 2.05) is 25.1 Å². The van der Waals surface area contributed by atoms with Crippen molar-refractivity contribution in [1.29, 1.82) is 0 Å². The zero-order valence-electron chi connectivity index (χ0n) is 12.3. The van der Waals surface area contributed by atoms with Gasteiger partial charge >= 0.3 is 0 Å². The normalized spacial score (nSPS) is 18.0. The number of nitrogens with zero attached hydrogens (tertiary/aromatic N) is 2. The quantitative estimate of drug-likeness (QED) is 0.880. The highest BCUT2D eigenvalue weighted by atomic mass is 32.1. The summed E-state index contributed by atoms with van der Waals surface area (Å²) in [6, 6.07) is 5.82. The van der Waals surface area contributed by atoms with Crippen LogP contribution in [0.3, 0.4) is 0 Å². The van der Waals surface area contributed by atoms with Crippen LogP contribution in [-0.4, -0.2) is 29.9 Å². The molecule has 1 aliphatic heterocycles. The maximum Gasteiger partial charge on any atom is 0.227 e. The fourth-order valence-electron chi connectivity index (χ4n) is 2.65. The number of hydrogen-bond acceptors (Lipinski definition) is 4. The number of hydrogen-bond donors (Lipinski definition) is 1. The van der Waals surface area contributed by atoms with Crippen LogP contribution in [0.15, 0.2) is 30.9 Å². The van der Waals surface area contributed by atoms with E-state index >= 15 is 0 Å². The molecule has 114 valence electrons. The Hall–Kier alpha value is -2.21. The lowest BCUT2D eigenvalue weighted by atomic mass is 10.1. The molecule has 1 N–H and O–H groups in total. The average Bonchev–Trinajstić information content (AvgIpc) is 3.05. The van der Waals surface area contributed by atoms with Crippen LogP contribution in [0.2, 0.25) is 0 Å². The number of amides is 2. The molecule has 6 heteroatoms. The SMILES string of the molecule is C=CCNC(=O)C1CC(=O)N(c2ccc3sc(C)nc3c2)C1. The maximum atomic E-state index is 12.2. The lowest BCUT2D eigenvalue weighted by Gasteiger charge is -2.16. The van der Waals surface area contributed by atoms with E-state index in [1.54, 1.807) is 22.3 Å². The standard InChI is InChI=1S/C16H17N3O2S/c1-3-6-17-16(21)11-7-15(20)19(9-11)12-4-5-14-13(8-12)18-10(2)22-14/h3-5,8,11H,1,6-7,9H2,2H3,(H,17,21). The van der Waals surface area contributed by atoms with Crippen molar-refractivity contribution < 1.29 is 9.59 Å². The number of anilines is 1. The highest BCUT2D eigenvalue weighted by molar-refractivity contribution is 7.18. The van der Waals surface area contributed by atoms with Crippen molar-refractivity contribution >= 4 is 39.1 Å². The van der Waals surface area contributed by atoms with Gasteiger partial charge in [-0.3, -0.25) is 9.59 Å². The van der Waals surface area contributed by atoms with Gasteiger partial charge in [-0.15, -0.1) is 17.9 Å². The van der Waals surface area contributed by atoms with Crippen LogP contribution in [0.5, 0.6) is 0 Å². The third-order valence-corrected chi connectivity index (χ3v) is 4.66. The van der Waals surface area contributed by atoms with Crippen LogP contribution in [0, 0.1) is 12.8 Å². The predicted octanol–water partition coefficient (Wildman–Crippen LogP) is 2.26. The van der Waals surface area contributed by atoms with Gasteiger partial charge in [-0.25, -0.2) is 4.98 Å².